The molecule has 126 valence electrons. The van der Waals surface area contributed by atoms with E-state index in [0.717, 1.165) is 10.9 Å². The van der Waals surface area contributed by atoms with Gasteiger partial charge in [0.15, 0.2) is 0 Å². The van der Waals surface area contributed by atoms with Gasteiger partial charge in [-0.2, -0.15) is 0 Å². The Bertz CT molecular complexity index is 960. The number of hydrogen-bond donors (Lipinski definition) is 1. The van der Waals surface area contributed by atoms with Gasteiger partial charge in [0.2, 0.25) is 5.91 Å². The van der Waals surface area contributed by atoms with Gasteiger partial charge in [-0.1, -0.05) is 36.9 Å². The monoisotopic (exact) mass is 335 g/mol. The van der Waals surface area contributed by atoms with Crippen LogP contribution in [0.1, 0.15) is 5.56 Å². The van der Waals surface area contributed by atoms with Crippen LogP contribution in [0.25, 0.3) is 11.0 Å². The fourth-order valence-corrected chi connectivity index (χ4v) is 2.27. The van der Waals surface area contributed by atoms with Gasteiger partial charge in [0, 0.05) is 29.6 Å². The Labute approximate surface area is 144 Å². The summed E-state index contributed by atoms with van der Waals surface area (Å²) < 4.78 is 10.7. The Morgan fingerprint density at radius 2 is 1.84 bits per heavy atom. The zero-order valence-electron chi connectivity index (χ0n) is 13.5. The minimum absolute atomic E-state index is 0.0448. The van der Waals surface area contributed by atoms with Gasteiger partial charge >= 0.3 is 5.63 Å². The molecule has 1 aromatic heterocycles. The van der Waals surface area contributed by atoms with E-state index in [4.69, 9.17) is 9.15 Å². The normalized spacial score (nSPS) is 10.4. The third-order valence-electron chi connectivity index (χ3n) is 3.62. The molecule has 0 radical (unpaired) electrons. The molecular weight excluding hydrogens is 318 g/mol. The third-order valence-corrected chi connectivity index (χ3v) is 3.62. The summed E-state index contributed by atoms with van der Waals surface area (Å²) in [5.74, 6) is 0.232. The van der Waals surface area contributed by atoms with Gasteiger partial charge in [-0.3, -0.25) is 4.79 Å². The molecule has 1 amide bonds. The highest BCUT2D eigenvalue weighted by atomic mass is 16.5. The molecule has 0 atom stereocenters. The molecule has 1 heterocycles. The first-order chi connectivity index (χ1) is 12.1. The van der Waals surface area contributed by atoms with Crippen molar-refractivity contribution in [2.75, 3.05) is 6.61 Å². The summed E-state index contributed by atoms with van der Waals surface area (Å²) in [6.07, 6.45) is 0. The summed E-state index contributed by atoms with van der Waals surface area (Å²) in [5, 5.41) is 3.59. The molecule has 0 saturated heterocycles. The Hall–Kier alpha value is -3.34. The van der Waals surface area contributed by atoms with Crippen molar-refractivity contribution in [1.82, 2.24) is 5.32 Å². The van der Waals surface area contributed by atoms with Crippen molar-refractivity contribution in [1.29, 1.82) is 0 Å². The predicted octanol–water partition coefficient (Wildman–Crippen LogP) is 3.04. The average Bonchev–Trinajstić information content (AvgIpc) is 2.64. The van der Waals surface area contributed by atoms with E-state index in [1.807, 2.05) is 30.3 Å². The Morgan fingerprint density at radius 1 is 1.08 bits per heavy atom. The van der Waals surface area contributed by atoms with Gasteiger partial charge in [-0.15, -0.1) is 0 Å². The summed E-state index contributed by atoms with van der Waals surface area (Å²) >= 11 is 0. The van der Waals surface area contributed by atoms with Crippen LogP contribution in [0.3, 0.4) is 0 Å². The highest BCUT2D eigenvalue weighted by Crippen LogP contribution is 2.19. The maximum Gasteiger partial charge on any atom is 0.336 e. The van der Waals surface area contributed by atoms with Crippen LogP contribution in [0.15, 0.2) is 82.0 Å². The van der Waals surface area contributed by atoms with Crippen molar-refractivity contribution >= 4 is 16.9 Å². The Kier molecular flexibility index (Phi) is 4.95. The molecule has 2 aromatic carbocycles. The maximum atomic E-state index is 12.0. The lowest BCUT2D eigenvalue weighted by Crippen LogP contribution is -2.26. The van der Waals surface area contributed by atoms with Crippen molar-refractivity contribution in [2.24, 2.45) is 0 Å². The molecule has 0 saturated carbocycles. The van der Waals surface area contributed by atoms with Crippen LogP contribution >= 0.6 is 0 Å². The zero-order chi connectivity index (χ0) is 17.6. The summed E-state index contributed by atoms with van der Waals surface area (Å²) in [7, 11) is 0. The lowest BCUT2D eigenvalue weighted by molar-refractivity contribution is -0.117. The molecule has 0 bridgehead atoms. The van der Waals surface area contributed by atoms with E-state index in [2.05, 4.69) is 11.9 Å². The summed E-state index contributed by atoms with van der Waals surface area (Å²) in [5.41, 5.74) is 1.33. The second kappa shape index (κ2) is 7.49. The fourth-order valence-electron chi connectivity index (χ4n) is 2.27. The molecule has 3 rings (SSSR count). The smallest absolute Gasteiger partial charge is 0.336 e. The SMILES string of the molecule is C=C(COc1ccc2ccc(=O)oc2c1)C(=O)NCc1ccccc1. The first-order valence-electron chi connectivity index (χ1n) is 7.78. The molecule has 0 spiro atoms. The number of hydrogen-bond acceptors (Lipinski definition) is 4. The van der Waals surface area contributed by atoms with E-state index >= 15 is 0 Å². The molecule has 0 aliphatic rings. The second-order valence-corrected chi connectivity index (χ2v) is 5.51. The second-order valence-electron chi connectivity index (χ2n) is 5.51. The molecule has 1 N–H and O–H groups in total. The topological polar surface area (TPSA) is 68.5 Å². The lowest BCUT2D eigenvalue weighted by Gasteiger charge is -2.10. The van der Waals surface area contributed by atoms with Crippen molar-refractivity contribution in [3.8, 4) is 5.75 Å². The van der Waals surface area contributed by atoms with E-state index in [0.29, 0.717) is 23.5 Å². The number of rotatable bonds is 6. The maximum absolute atomic E-state index is 12.0. The van der Waals surface area contributed by atoms with Crippen LogP contribution < -0.4 is 15.7 Å². The minimum Gasteiger partial charge on any atom is -0.489 e. The molecule has 25 heavy (non-hydrogen) atoms. The molecule has 5 nitrogen and oxygen atoms in total. The summed E-state index contributed by atoms with van der Waals surface area (Å²) in [6.45, 7) is 4.22. The highest BCUT2D eigenvalue weighted by molar-refractivity contribution is 5.93. The first-order valence-corrected chi connectivity index (χ1v) is 7.78. The zero-order valence-corrected chi connectivity index (χ0v) is 13.5. The quantitative estimate of drug-likeness (QED) is 0.555. The van der Waals surface area contributed by atoms with Crippen LogP contribution in [-0.4, -0.2) is 12.5 Å². The van der Waals surface area contributed by atoms with Gasteiger partial charge in [0.25, 0.3) is 0 Å². The number of carbonyl (C=O) groups is 1. The predicted molar refractivity (Wildman–Crippen MR) is 95.4 cm³/mol. The van der Waals surface area contributed by atoms with Gasteiger partial charge in [0.05, 0.1) is 0 Å². The van der Waals surface area contributed by atoms with Crippen LogP contribution in [0, 0.1) is 0 Å². The van der Waals surface area contributed by atoms with Crippen LogP contribution in [0.4, 0.5) is 0 Å². The average molecular weight is 335 g/mol. The Balaban J connectivity index is 1.56. The van der Waals surface area contributed by atoms with E-state index in [-0.39, 0.29) is 12.5 Å². The van der Waals surface area contributed by atoms with Crippen LogP contribution in [0.5, 0.6) is 5.75 Å². The molecule has 0 aliphatic carbocycles. The molecular formula is C20H17NO4. The van der Waals surface area contributed by atoms with Crippen molar-refractivity contribution in [2.45, 2.75) is 6.54 Å². The van der Waals surface area contributed by atoms with Gasteiger partial charge in [0.1, 0.15) is 17.9 Å². The number of ether oxygens (including phenoxy) is 1. The molecule has 5 heteroatoms. The number of nitrogens with one attached hydrogen (secondary N) is 1. The van der Waals surface area contributed by atoms with Gasteiger partial charge in [-0.25, -0.2) is 4.79 Å². The van der Waals surface area contributed by atoms with Crippen molar-refractivity contribution in [3.63, 3.8) is 0 Å². The highest BCUT2D eigenvalue weighted by Gasteiger charge is 2.08. The molecule has 0 aliphatic heterocycles. The van der Waals surface area contributed by atoms with E-state index in [1.165, 1.54) is 6.07 Å². The number of carbonyl (C=O) groups excluding carboxylic acids is 1. The minimum atomic E-state index is -0.422. The summed E-state index contributed by atoms with van der Waals surface area (Å²) in [4.78, 5) is 23.3. The first kappa shape index (κ1) is 16.5. The molecule has 0 fully saturated rings. The number of amides is 1. The number of benzene rings is 2. The number of fused-ring (bicyclic) bond motifs is 1. The largest absolute Gasteiger partial charge is 0.489 e. The van der Waals surface area contributed by atoms with Gasteiger partial charge in [-0.05, 0) is 23.8 Å². The lowest BCUT2D eigenvalue weighted by atomic mass is 10.2. The van der Waals surface area contributed by atoms with Crippen LogP contribution in [-0.2, 0) is 11.3 Å². The third kappa shape index (κ3) is 4.35. The standard InChI is InChI=1S/C20H17NO4/c1-14(20(23)21-12-15-5-3-2-4-6-15)13-24-17-9-7-16-8-10-19(22)25-18(16)11-17/h2-11H,1,12-13H2,(H,21,23). The van der Waals surface area contributed by atoms with Gasteiger partial charge < -0.3 is 14.5 Å². The van der Waals surface area contributed by atoms with Crippen LogP contribution in [0.2, 0.25) is 0 Å². The van der Waals surface area contributed by atoms with E-state index in [1.54, 1.807) is 24.3 Å². The fraction of sp³-hybridized carbons (Fsp3) is 0.100. The van der Waals surface area contributed by atoms with E-state index < -0.39 is 5.63 Å². The van der Waals surface area contributed by atoms with Crippen molar-refractivity contribution < 1.29 is 13.9 Å². The summed E-state index contributed by atoms with van der Waals surface area (Å²) in [6, 6.07) is 17.8. The molecule has 3 aromatic rings. The Morgan fingerprint density at radius 3 is 2.64 bits per heavy atom. The van der Waals surface area contributed by atoms with E-state index in [9.17, 15) is 9.59 Å². The molecule has 0 unspecified atom stereocenters. The van der Waals surface area contributed by atoms with Crippen molar-refractivity contribution in [3.05, 3.63) is 88.8 Å².